The van der Waals surface area contributed by atoms with Crippen LogP contribution >= 0.6 is 0 Å². The topological polar surface area (TPSA) is 72.9 Å². The van der Waals surface area contributed by atoms with E-state index < -0.39 is 44.6 Å². The largest absolute Gasteiger partial charge is 0.523 e. The van der Waals surface area contributed by atoms with Gasteiger partial charge in [0.2, 0.25) is 0 Å². The Morgan fingerprint density at radius 3 is 1.94 bits per heavy atom. The lowest BCUT2D eigenvalue weighted by atomic mass is 9.55. The second-order valence-corrected chi connectivity index (χ2v) is 11.7. The number of carbonyl (C=O) groups excluding carboxylic acids is 1. The van der Waals surface area contributed by atoms with Crippen LogP contribution in [0.15, 0.2) is 66.4 Å². The highest BCUT2D eigenvalue weighted by atomic mass is 32.2. The number of hydroxylamine groups is 2. The first-order valence-electron chi connectivity index (χ1n) is 11.6. The van der Waals surface area contributed by atoms with Crippen LogP contribution in [0.25, 0.3) is 0 Å². The Morgan fingerprint density at radius 1 is 0.972 bits per heavy atom. The monoisotopic (exact) mass is 523 g/mol. The third-order valence-electron chi connectivity index (χ3n) is 6.84. The van der Waals surface area contributed by atoms with Gasteiger partial charge < -0.3 is 0 Å². The number of nitrogens with zero attached hydrogens (tertiary/aromatic N) is 1. The summed E-state index contributed by atoms with van der Waals surface area (Å²) in [5.41, 5.74) is -5.29. The Labute approximate surface area is 208 Å². The Bertz CT molecular complexity index is 1200. The molecule has 3 atom stereocenters. The molecule has 1 saturated carbocycles. The molecule has 0 N–H and O–H groups in total. The van der Waals surface area contributed by atoms with E-state index in [1.165, 1.54) is 5.06 Å². The fourth-order valence-electron chi connectivity index (χ4n) is 5.60. The summed E-state index contributed by atoms with van der Waals surface area (Å²) < 4.78 is 68.6. The van der Waals surface area contributed by atoms with Gasteiger partial charge in [0.1, 0.15) is 11.6 Å². The smallest absolute Gasteiger partial charge is 0.267 e. The lowest BCUT2D eigenvalue weighted by Gasteiger charge is -2.48. The van der Waals surface area contributed by atoms with Crippen LogP contribution in [0.1, 0.15) is 44.7 Å². The van der Waals surface area contributed by atoms with E-state index in [1.54, 1.807) is 20.8 Å². The van der Waals surface area contributed by atoms with Crippen molar-refractivity contribution in [3.8, 4) is 0 Å². The van der Waals surface area contributed by atoms with Crippen LogP contribution in [-0.4, -0.2) is 43.2 Å². The number of fused-ring (bicyclic) bond motifs is 1. The molecule has 0 aromatic heterocycles. The van der Waals surface area contributed by atoms with Crippen molar-refractivity contribution in [3.63, 3.8) is 0 Å². The van der Waals surface area contributed by atoms with Crippen molar-refractivity contribution < 1.29 is 35.4 Å². The van der Waals surface area contributed by atoms with E-state index >= 15 is 0 Å². The summed E-state index contributed by atoms with van der Waals surface area (Å²) in [6.45, 7) is 5.48. The van der Waals surface area contributed by atoms with Gasteiger partial charge >= 0.3 is 15.6 Å². The Kier molecular flexibility index (Phi) is 6.85. The fourth-order valence-corrected chi connectivity index (χ4v) is 6.25. The van der Waals surface area contributed by atoms with Crippen molar-refractivity contribution in [1.29, 1.82) is 0 Å². The summed E-state index contributed by atoms with van der Waals surface area (Å²) >= 11 is 0. The average Bonchev–Trinajstić information content (AvgIpc) is 3.17. The highest BCUT2D eigenvalue weighted by Gasteiger charge is 2.60. The molecule has 6 nitrogen and oxygen atoms in total. The average molecular weight is 524 g/mol. The molecule has 1 aliphatic heterocycles. The number of rotatable bonds is 5. The van der Waals surface area contributed by atoms with Crippen molar-refractivity contribution in [2.75, 3.05) is 6.54 Å². The van der Waals surface area contributed by atoms with E-state index in [2.05, 4.69) is 0 Å². The van der Waals surface area contributed by atoms with Crippen molar-refractivity contribution in [3.05, 3.63) is 77.5 Å². The molecule has 10 heteroatoms. The maximum absolute atomic E-state index is 13.3. The Morgan fingerprint density at radius 2 is 1.50 bits per heavy atom. The number of hydrogen-bond donors (Lipinski definition) is 0. The predicted molar refractivity (Wildman–Crippen MR) is 126 cm³/mol. The molecule has 0 spiro atoms. The molecular formula is C26H28F3NO5S. The molecule has 0 unspecified atom stereocenters. The van der Waals surface area contributed by atoms with Crippen molar-refractivity contribution in [1.82, 2.24) is 5.06 Å². The second-order valence-electron chi connectivity index (χ2n) is 10.2. The minimum atomic E-state index is -5.89. The van der Waals surface area contributed by atoms with E-state index in [0.717, 1.165) is 11.1 Å². The molecule has 2 fully saturated rings. The highest BCUT2D eigenvalue weighted by Crippen LogP contribution is 2.57. The van der Waals surface area contributed by atoms with Gasteiger partial charge in [0.05, 0.1) is 18.2 Å². The fraction of sp³-hybridized carbons (Fsp3) is 0.462. The van der Waals surface area contributed by atoms with Gasteiger partial charge in [0.15, 0.2) is 0 Å². The summed E-state index contributed by atoms with van der Waals surface area (Å²) in [7, 11) is -5.89. The van der Waals surface area contributed by atoms with Crippen LogP contribution in [0, 0.1) is 11.8 Å². The molecule has 1 saturated heterocycles. The molecule has 0 radical (unpaired) electrons. The second kappa shape index (κ2) is 9.34. The first-order chi connectivity index (χ1) is 16.8. The van der Waals surface area contributed by atoms with Gasteiger partial charge in [0, 0.05) is 17.3 Å². The maximum atomic E-state index is 13.3. The number of benzene rings is 2. The lowest BCUT2D eigenvalue weighted by molar-refractivity contribution is -0.201. The number of halogens is 3. The Hall–Kier alpha value is -2.65. The van der Waals surface area contributed by atoms with E-state index in [4.69, 9.17) is 9.02 Å². The summed E-state index contributed by atoms with van der Waals surface area (Å²) in [5, 5.41) is 1.35. The van der Waals surface area contributed by atoms with Crippen molar-refractivity contribution in [2.45, 2.75) is 56.2 Å². The summed E-state index contributed by atoms with van der Waals surface area (Å²) in [4.78, 5) is 18.3. The van der Waals surface area contributed by atoms with Gasteiger partial charge in [-0.3, -0.25) is 9.02 Å². The minimum Gasteiger partial charge on any atom is -0.267 e. The normalized spacial score (nSPS) is 24.3. The molecule has 0 bridgehead atoms. The third kappa shape index (κ3) is 4.70. The molecule has 4 rings (SSSR count). The van der Waals surface area contributed by atoms with Crippen LogP contribution in [0.2, 0.25) is 0 Å². The van der Waals surface area contributed by atoms with Gasteiger partial charge in [0.25, 0.3) is 0 Å². The van der Waals surface area contributed by atoms with E-state index in [9.17, 15) is 26.4 Å². The number of hydrogen-bond acceptors (Lipinski definition) is 6. The standard InChI is InChI=1S/C26H28F3NO5S/c1-24(2,3)35-30-16-20-23(21(30)17-31)22(34-36(32,33)26(27,28)29)14-15-25(20,18-10-6-4-7-11-18)19-12-8-5-9-13-19/h4-13,20,22-23H,14-16H2,1-3H3/t20-,22+,23-/m1/s1. The summed E-state index contributed by atoms with van der Waals surface area (Å²) in [6, 6.07) is 19.0. The first-order valence-corrected chi connectivity index (χ1v) is 13.0. The molecule has 2 aromatic rings. The van der Waals surface area contributed by atoms with Crippen LogP contribution in [0.4, 0.5) is 13.2 Å². The summed E-state index contributed by atoms with van der Waals surface area (Å²) in [6.07, 6.45) is -1.14. The minimum absolute atomic E-state index is 0.0329. The van der Waals surface area contributed by atoms with Gasteiger partial charge in [-0.15, -0.1) is 0 Å². The van der Waals surface area contributed by atoms with Crippen molar-refractivity contribution >= 4 is 16.1 Å². The highest BCUT2D eigenvalue weighted by molar-refractivity contribution is 7.87. The molecular weight excluding hydrogens is 495 g/mol. The lowest BCUT2D eigenvalue weighted by Crippen LogP contribution is -2.50. The van der Waals surface area contributed by atoms with Gasteiger partial charge in [-0.25, -0.2) is 9.86 Å². The molecule has 1 aliphatic carbocycles. The molecule has 1 heterocycles. The first kappa shape index (κ1) is 26.4. The third-order valence-corrected chi connectivity index (χ3v) is 7.90. The van der Waals surface area contributed by atoms with Crippen LogP contribution in [-0.2, 0) is 29.3 Å². The van der Waals surface area contributed by atoms with Crippen LogP contribution in [0.5, 0.6) is 0 Å². The van der Waals surface area contributed by atoms with Gasteiger partial charge in [-0.2, -0.15) is 21.6 Å². The van der Waals surface area contributed by atoms with E-state index in [-0.39, 0.29) is 18.7 Å². The molecule has 2 aliphatic rings. The van der Waals surface area contributed by atoms with Gasteiger partial charge in [-0.05, 0) is 44.7 Å². The predicted octanol–water partition coefficient (Wildman–Crippen LogP) is 4.99. The quantitative estimate of drug-likeness (QED) is 0.312. The Balaban J connectivity index is 1.90. The maximum Gasteiger partial charge on any atom is 0.523 e. The SMILES string of the molecule is CC(C)(C)ON1C[C@@H]2[C@H](C1=C=O)[C@@H](OS(=O)(=O)C(F)(F)F)CCC2(c1ccccc1)c1ccccc1. The van der Waals surface area contributed by atoms with Crippen molar-refractivity contribution in [2.24, 2.45) is 11.8 Å². The molecule has 0 amide bonds. The number of alkyl halides is 3. The zero-order valence-corrected chi connectivity index (χ0v) is 21.0. The molecule has 36 heavy (non-hydrogen) atoms. The van der Waals surface area contributed by atoms with Crippen LogP contribution < -0.4 is 0 Å². The zero-order chi connectivity index (χ0) is 26.4. The summed E-state index contributed by atoms with van der Waals surface area (Å²) in [5.74, 6) is 0.300. The van der Waals surface area contributed by atoms with E-state index in [1.807, 2.05) is 66.6 Å². The molecule has 194 valence electrons. The van der Waals surface area contributed by atoms with E-state index in [0.29, 0.717) is 6.42 Å². The molecule has 2 aromatic carbocycles. The zero-order valence-electron chi connectivity index (χ0n) is 20.2. The van der Waals surface area contributed by atoms with Gasteiger partial charge in [-0.1, -0.05) is 60.7 Å². The van der Waals surface area contributed by atoms with Crippen LogP contribution in [0.3, 0.4) is 0 Å².